The summed E-state index contributed by atoms with van der Waals surface area (Å²) in [7, 11) is 2.12. The van der Waals surface area contributed by atoms with E-state index in [0.29, 0.717) is 18.1 Å². The van der Waals surface area contributed by atoms with Crippen LogP contribution in [0.3, 0.4) is 0 Å². The van der Waals surface area contributed by atoms with Gasteiger partial charge in [0, 0.05) is 55.7 Å². The lowest BCUT2D eigenvalue weighted by Crippen LogP contribution is -2.55. The molecule has 1 saturated carbocycles. The lowest BCUT2D eigenvalue weighted by atomic mass is 9.76. The number of H-pyrrole nitrogens is 1. The maximum atomic E-state index is 14.1. The molecule has 2 atom stereocenters. The first-order valence-corrected chi connectivity index (χ1v) is 17.4. The molecule has 1 amide bonds. The van der Waals surface area contributed by atoms with E-state index in [9.17, 15) is 4.79 Å². The zero-order valence-electron chi connectivity index (χ0n) is 28.6. The third-order valence-electron chi connectivity index (χ3n) is 11.1. The zero-order valence-corrected chi connectivity index (χ0v) is 28.6. The number of allylic oxidation sites excluding steroid dienone is 1. The molecule has 242 valence electrons. The highest BCUT2D eigenvalue weighted by Crippen LogP contribution is 2.41. The van der Waals surface area contributed by atoms with Crippen molar-refractivity contribution in [1.29, 1.82) is 0 Å². The number of likely N-dealkylation sites (N-methyl/N-ethyl adjacent to an activating group) is 1. The van der Waals surface area contributed by atoms with Gasteiger partial charge in [-0.1, -0.05) is 36.3 Å². The van der Waals surface area contributed by atoms with Gasteiger partial charge in [0.05, 0.1) is 11.1 Å². The minimum absolute atomic E-state index is 0.270. The second kappa shape index (κ2) is 12.1. The average Bonchev–Trinajstić information content (AvgIpc) is 3.62. The highest BCUT2D eigenvalue weighted by Gasteiger charge is 2.42. The first kappa shape index (κ1) is 30.9. The summed E-state index contributed by atoms with van der Waals surface area (Å²) in [4.78, 5) is 24.7. The van der Waals surface area contributed by atoms with Crippen molar-refractivity contribution in [3.05, 3.63) is 95.0 Å². The van der Waals surface area contributed by atoms with Crippen molar-refractivity contribution in [3.8, 4) is 11.3 Å². The van der Waals surface area contributed by atoms with E-state index >= 15 is 0 Å². The van der Waals surface area contributed by atoms with Crippen molar-refractivity contribution in [1.82, 2.24) is 25.0 Å². The molecule has 1 aliphatic carbocycles. The Hall–Kier alpha value is -3.77. The number of nitrogens with zero attached hydrogens (tertiary/aromatic N) is 3. The lowest BCUT2D eigenvalue weighted by molar-refractivity contribution is -0.144. The van der Waals surface area contributed by atoms with Crippen LogP contribution >= 0.6 is 0 Å². The van der Waals surface area contributed by atoms with Gasteiger partial charge in [0.25, 0.3) is 0 Å². The molecule has 3 aromatic rings. The van der Waals surface area contributed by atoms with Crippen LogP contribution in [-0.2, 0) is 10.2 Å². The fourth-order valence-electron chi connectivity index (χ4n) is 8.43. The molecule has 6 nitrogen and oxygen atoms in total. The van der Waals surface area contributed by atoms with Gasteiger partial charge in [-0.3, -0.25) is 4.79 Å². The van der Waals surface area contributed by atoms with E-state index in [4.69, 9.17) is 0 Å². The number of piperidine rings is 2. The molecule has 5 heterocycles. The van der Waals surface area contributed by atoms with Gasteiger partial charge in [-0.2, -0.15) is 0 Å². The Labute approximate surface area is 275 Å². The summed E-state index contributed by atoms with van der Waals surface area (Å²) in [5, 5.41) is 5.01. The Morgan fingerprint density at radius 2 is 1.80 bits per heavy atom. The second-order valence-corrected chi connectivity index (χ2v) is 15.1. The van der Waals surface area contributed by atoms with Gasteiger partial charge in [-0.05, 0) is 131 Å². The van der Waals surface area contributed by atoms with E-state index in [1.54, 1.807) is 0 Å². The molecule has 0 radical (unpaired) electrons. The van der Waals surface area contributed by atoms with E-state index in [2.05, 4.69) is 134 Å². The molecule has 1 unspecified atom stereocenters. The molecule has 46 heavy (non-hydrogen) atoms. The van der Waals surface area contributed by atoms with Crippen molar-refractivity contribution in [2.24, 2.45) is 5.92 Å². The predicted octanol–water partition coefficient (Wildman–Crippen LogP) is 7.71. The normalized spacial score (nSPS) is 23.0. The summed E-state index contributed by atoms with van der Waals surface area (Å²) in [5.41, 5.74) is 9.30. The SMILES string of the molecule is Cc1cc(C)cc(-c2[nH]c3ccc(C(C)(C)C(=O)N4CC5CCC4CC5)cc3c2[C@H](C)CNCCC2=CN3C=CN(C)C3C=C2)c1. The fourth-order valence-corrected chi connectivity index (χ4v) is 8.43. The van der Waals surface area contributed by atoms with Gasteiger partial charge in [0.2, 0.25) is 5.91 Å². The van der Waals surface area contributed by atoms with Crippen LogP contribution in [0, 0.1) is 19.8 Å². The molecule has 8 rings (SSSR count). The molecule has 2 bridgehead atoms. The van der Waals surface area contributed by atoms with Crippen LogP contribution in [0.1, 0.15) is 81.0 Å². The average molecular weight is 618 g/mol. The third kappa shape index (κ3) is 5.70. The third-order valence-corrected chi connectivity index (χ3v) is 11.1. The van der Waals surface area contributed by atoms with Crippen LogP contribution in [0.5, 0.6) is 0 Å². The fraction of sp³-hybridized carbons (Fsp3) is 0.475. The zero-order chi connectivity index (χ0) is 32.2. The summed E-state index contributed by atoms with van der Waals surface area (Å²) < 4.78 is 0. The van der Waals surface area contributed by atoms with E-state index in [1.165, 1.54) is 51.7 Å². The van der Waals surface area contributed by atoms with Gasteiger partial charge < -0.3 is 25.0 Å². The van der Waals surface area contributed by atoms with Crippen LogP contribution in [-0.4, -0.2) is 64.5 Å². The summed E-state index contributed by atoms with van der Waals surface area (Å²) >= 11 is 0. The van der Waals surface area contributed by atoms with Crippen LogP contribution in [0.4, 0.5) is 0 Å². The second-order valence-electron chi connectivity index (χ2n) is 15.1. The van der Waals surface area contributed by atoms with Gasteiger partial charge in [-0.15, -0.1) is 0 Å². The van der Waals surface area contributed by atoms with Crippen molar-refractivity contribution < 1.29 is 4.79 Å². The van der Waals surface area contributed by atoms with Gasteiger partial charge in [-0.25, -0.2) is 0 Å². The number of benzene rings is 2. The van der Waals surface area contributed by atoms with E-state index in [-0.39, 0.29) is 11.8 Å². The molecule has 5 aliphatic rings. The highest BCUT2D eigenvalue weighted by atomic mass is 16.2. The van der Waals surface area contributed by atoms with Gasteiger partial charge in [0.1, 0.15) is 6.17 Å². The number of aromatic amines is 1. The molecular formula is C40H51N5O. The molecule has 2 aromatic carbocycles. The van der Waals surface area contributed by atoms with Crippen molar-refractivity contribution in [3.63, 3.8) is 0 Å². The molecule has 6 heteroatoms. The number of rotatable bonds is 9. The van der Waals surface area contributed by atoms with Crippen molar-refractivity contribution >= 4 is 16.8 Å². The quantitative estimate of drug-likeness (QED) is 0.242. The first-order chi connectivity index (χ1) is 22.1. The van der Waals surface area contributed by atoms with Crippen LogP contribution in [0.25, 0.3) is 22.2 Å². The minimum atomic E-state index is -0.582. The van der Waals surface area contributed by atoms with Crippen molar-refractivity contribution in [2.75, 3.05) is 26.7 Å². The highest BCUT2D eigenvalue weighted by molar-refractivity contribution is 5.94. The molecule has 3 fully saturated rings. The number of nitrogens with one attached hydrogen (secondary N) is 2. The molecule has 1 aromatic heterocycles. The summed E-state index contributed by atoms with van der Waals surface area (Å²) in [5.74, 6) is 1.24. The largest absolute Gasteiger partial charge is 0.356 e. The van der Waals surface area contributed by atoms with E-state index < -0.39 is 5.41 Å². The summed E-state index contributed by atoms with van der Waals surface area (Å²) in [6.07, 6.45) is 17.3. The Morgan fingerprint density at radius 3 is 2.52 bits per heavy atom. The van der Waals surface area contributed by atoms with Gasteiger partial charge >= 0.3 is 0 Å². The summed E-state index contributed by atoms with van der Waals surface area (Å²) in [6.45, 7) is 13.7. The molecule has 2 N–H and O–H groups in total. The van der Waals surface area contributed by atoms with Crippen molar-refractivity contribution in [2.45, 2.75) is 90.3 Å². The lowest BCUT2D eigenvalue weighted by Gasteiger charge is -2.47. The molecular weight excluding hydrogens is 566 g/mol. The number of carbonyl (C=O) groups is 1. The van der Waals surface area contributed by atoms with Crippen LogP contribution in [0.15, 0.2) is 72.7 Å². The Balaban J connectivity index is 1.15. The number of carbonyl (C=O) groups excluding carboxylic acids is 1. The van der Waals surface area contributed by atoms with Gasteiger partial charge in [0.15, 0.2) is 0 Å². The smallest absolute Gasteiger partial charge is 0.232 e. The molecule has 4 aliphatic heterocycles. The maximum Gasteiger partial charge on any atom is 0.232 e. The standard InChI is InChI=1S/C40H51N5O/c1-26-19-27(2)21-31(20-26)38-37(28(3)23-41-16-15-30-9-14-36-43(6)17-18-44(36)24-30)34-22-32(10-13-35(34)42-38)40(4,5)39(46)45-25-29-7-11-33(45)12-8-29/h9-10,13-14,17-22,24,28-29,33,36,41-42H,7-8,11-12,15-16,23,25H2,1-6H3/t28-,29?,33?,36?/m1/s1. The number of amides is 1. The van der Waals surface area contributed by atoms with E-state index in [1.807, 2.05) is 0 Å². The number of hydrogen-bond acceptors (Lipinski definition) is 4. The Bertz CT molecular complexity index is 1700. The van der Waals surface area contributed by atoms with Crippen LogP contribution in [0.2, 0.25) is 0 Å². The predicted molar refractivity (Wildman–Crippen MR) is 189 cm³/mol. The van der Waals surface area contributed by atoms with Crippen LogP contribution < -0.4 is 5.32 Å². The molecule has 0 spiro atoms. The number of hydrogen-bond donors (Lipinski definition) is 2. The van der Waals surface area contributed by atoms with E-state index in [0.717, 1.165) is 50.0 Å². The molecule has 2 saturated heterocycles. The monoisotopic (exact) mass is 617 g/mol. The number of aromatic nitrogens is 1. The minimum Gasteiger partial charge on any atom is -0.356 e. The topological polar surface area (TPSA) is 54.6 Å². The number of fused-ring (bicyclic) bond motifs is 5. The number of aryl methyl sites for hydroxylation is 2. The Morgan fingerprint density at radius 1 is 1.04 bits per heavy atom. The first-order valence-electron chi connectivity index (χ1n) is 17.4. The Kier molecular flexibility index (Phi) is 8.12. The maximum absolute atomic E-state index is 14.1. The summed E-state index contributed by atoms with van der Waals surface area (Å²) in [6, 6.07) is 13.9.